The first-order valence-corrected chi connectivity index (χ1v) is 8.60. The molecule has 0 N–H and O–H groups in total. The van der Waals surface area contributed by atoms with Crippen molar-refractivity contribution in [2.75, 3.05) is 5.75 Å². The minimum atomic E-state index is 0.856. The normalized spacial score (nSPS) is 54.5. The lowest BCUT2D eigenvalue weighted by atomic mass is 9.57. The van der Waals surface area contributed by atoms with Gasteiger partial charge in [0.15, 0.2) is 0 Å². The van der Waals surface area contributed by atoms with Crippen molar-refractivity contribution in [3.63, 3.8) is 0 Å². The Morgan fingerprint density at radius 3 is 2.12 bits per heavy atom. The number of fused-ring (bicyclic) bond motifs is 9. The zero-order valence-corrected chi connectivity index (χ0v) is 11.8. The Morgan fingerprint density at radius 2 is 1.53 bits per heavy atom. The molecule has 0 aromatic rings. The van der Waals surface area contributed by atoms with Crippen LogP contribution in [0.2, 0.25) is 0 Å². The third-order valence-electron chi connectivity index (χ3n) is 7.12. The van der Waals surface area contributed by atoms with Crippen LogP contribution < -0.4 is 0 Å². The van der Waals surface area contributed by atoms with Crippen molar-refractivity contribution in [3.05, 3.63) is 0 Å². The SMILES string of the molecule is SCCCCC12C3CCC(C3)C1C1CCC2C1. The lowest BCUT2D eigenvalue weighted by Crippen LogP contribution is -2.41. The van der Waals surface area contributed by atoms with E-state index in [1.54, 1.807) is 44.9 Å². The van der Waals surface area contributed by atoms with Crippen LogP contribution in [-0.2, 0) is 0 Å². The Bertz CT molecular complexity index is 289. The predicted molar refractivity (Wildman–Crippen MR) is 75.3 cm³/mol. The first kappa shape index (κ1) is 11.2. The summed E-state index contributed by atoms with van der Waals surface area (Å²) in [6.07, 6.45) is 14.0. The minimum Gasteiger partial charge on any atom is -0.179 e. The van der Waals surface area contributed by atoms with E-state index in [-0.39, 0.29) is 0 Å². The van der Waals surface area contributed by atoms with Crippen molar-refractivity contribution in [1.82, 2.24) is 0 Å². The van der Waals surface area contributed by atoms with Crippen LogP contribution in [-0.4, -0.2) is 5.75 Å². The van der Waals surface area contributed by atoms with E-state index < -0.39 is 0 Å². The monoisotopic (exact) mass is 250 g/mol. The van der Waals surface area contributed by atoms with E-state index in [1.807, 2.05) is 0 Å². The Balaban J connectivity index is 1.61. The van der Waals surface area contributed by atoms with Crippen molar-refractivity contribution >= 4 is 12.6 Å². The highest BCUT2D eigenvalue weighted by molar-refractivity contribution is 7.80. The molecule has 0 spiro atoms. The fourth-order valence-electron chi connectivity index (χ4n) is 6.92. The summed E-state index contributed by atoms with van der Waals surface area (Å²) < 4.78 is 0. The lowest BCUT2D eigenvalue weighted by Gasteiger charge is -2.48. The molecule has 4 aliphatic carbocycles. The van der Waals surface area contributed by atoms with Crippen LogP contribution in [0.1, 0.15) is 57.8 Å². The maximum absolute atomic E-state index is 4.40. The highest BCUT2D eigenvalue weighted by atomic mass is 32.1. The highest BCUT2D eigenvalue weighted by Crippen LogP contribution is 2.75. The fraction of sp³-hybridized carbons (Fsp3) is 1.00. The van der Waals surface area contributed by atoms with Crippen molar-refractivity contribution < 1.29 is 0 Å². The Hall–Kier alpha value is 0.350. The van der Waals surface area contributed by atoms with Gasteiger partial charge in [-0.1, -0.05) is 6.42 Å². The van der Waals surface area contributed by atoms with Gasteiger partial charge in [0.2, 0.25) is 0 Å². The first-order valence-electron chi connectivity index (χ1n) is 7.97. The molecule has 4 unspecified atom stereocenters. The quantitative estimate of drug-likeness (QED) is 0.422. The van der Waals surface area contributed by atoms with Crippen LogP contribution in [0.5, 0.6) is 0 Å². The summed E-state index contributed by atoms with van der Waals surface area (Å²) in [5.41, 5.74) is 0.856. The van der Waals surface area contributed by atoms with Crippen molar-refractivity contribution in [2.24, 2.45) is 35.0 Å². The van der Waals surface area contributed by atoms with Crippen molar-refractivity contribution in [3.8, 4) is 0 Å². The van der Waals surface area contributed by atoms with Crippen LogP contribution in [0.15, 0.2) is 0 Å². The second kappa shape index (κ2) is 3.92. The molecule has 4 aliphatic rings. The van der Waals surface area contributed by atoms with E-state index in [9.17, 15) is 0 Å². The molecule has 17 heavy (non-hydrogen) atoms. The molecule has 4 atom stereocenters. The van der Waals surface area contributed by atoms with Crippen molar-refractivity contribution in [2.45, 2.75) is 57.8 Å². The number of rotatable bonds is 4. The van der Waals surface area contributed by atoms with Gasteiger partial charge in [0.05, 0.1) is 0 Å². The first-order chi connectivity index (χ1) is 8.36. The molecule has 0 aromatic heterocycles. The lowest BCUT2D eigenvalue weighted by molar-refractivity contribution is 0.00898. The van der Waals surface area contributed by atoms with E-state index in [1.165, 1.54) is 18.8 Å². The molecule has 4 saturated carbocycles. The molecule has 4 fully saturated rings. The fourth-order valence-corrected chi connectivity index (χ4v) is 7.14. The van der Waals surface area contributed by atoms with Gasteiger partial charge in [-0.05, 0) is 92.1 Å². The molecule has 0 heterocycles. The highest BCUT2D eigenvalue weighted by Gasteiger charge is 2.67. The van der Waals surface area contributed by atoms with E-state index in [2.05, 4.69) is 12.6 Å². The van der Waals surface area contributed by atoms with Crippen LogP contribution in [0.3, 0.4) is 0 Å². The maximum atomic E-state index is 4.40. The zero-order valence-electron chi connectivity index (χ0n) is 10.9. The van der Waals surface area contributed by atoms with Gasteiger partial charge in [0, 0.05) is 0 Å². The van der Waals surface area contributed by atoms with Gasteiger partial charge in [-0.25, -0.2) is 0 Å². The molecule has 0 radical (unpaired) electrons. The summed E-state index contributed by atoms with van der Waals surface area (Å²) in [6.45, 7) is 0. The molecule has 0 amide bonds. The molecule has 1 heteroatoms. The summed E-state index contributed by atoms with van der Waals surface area (Å²) in [5, 5.41) is 0. The number of hydrogen-bond donors (Lipinski definition) is 1. The second-order valence-corrected chi connectivity index (χ2v) is 7.81. The minimum absolute atomic E-state index is 0.856. The van der Waals surface area contributed by atoms with Gasteiger partial charge in [-0.3, -0.25) is 0 Å². The second-order valence-electron chi connectivity index (χ2n) is 7.36. The van der Waals surface area contributed by atoms with Crippen LogP contribution in [0.4, 0.5) is 0 Å². The Kier molecular flexibility index (Phi) is 2.58. The van der Waals surface area contributed by atoms with Gasteiger partial charge < -0.3 is 0 Å². The predicted octanol–water partition coefficient (Wildman–Crippen LogP) is 4.55. The average molecular weight is 250 g/mol. The molecule has 0 aromatic carbocycles. The number of thiol groups is 1. The molecular weight excluding hydrogens is 224 g/mol. The summed E-state index contributed by atoms with van der Waals surface area (Å²) in [5.74, 6) is 6.89. The summed E-state index contributed by atoms with van der Waals surface area (Å²) in [7, 11) is 0. The summed E-state index contributed by atoms with van der Waals surface area (Å²) >= 11 is 4.40. The number of unbranched alkanes of at least 4 members (excludes halogenated alkanes) is 1. The smallest absolute Gasteiger partial charge is 0.00979 e. The topological polar surface area (TPSA) is 0 Å². The van der Waals surface area contributed by atoms with E-state index >= 15 is 0 Å². The third kappa shape index (κ3) is 1.33. The van der Waals surface area contributed by atoms with Gasteiger partial charge >= 0.3 is 0 Å². The summed E-state index contributed by atoms with van der Waals surface area (Å²) in [6, 6.07) is 0. The largest absolute Gasteiger partial charge is 0.179 e. The summed E-state index contributed by atoms with van der Waals surface area (Å²) in [4.78, 5) is 0. The molecule has 4 bridgehead atoms. The average Bonchev–Trinajstić information content (AvgIpc) is 3.08. The molecule has 4 rings (SSSR count). The zero-order chi connectivity index (χ0) is 11.5. The van der Waals surface area contributed by atoms with Gasteiger partial charge in [0.25, 0.3) is 0 Å². The molecule has 96 valence electrons. The standard InChI is InChI=1S/C16H26S/c17-8-2-1-7-16-13-5-3-11(9-13)15(16)12-4-6-14(16)10-12/h11-15,17H,1-10H2. The van der Waals surface area contributed by atoms with Gasteiger partial charge in [-0.2, -0.15) is 12.6 Å². The van der Waals surface area contributed by atoms with E-state index in [4.69, 9.17) is 0 Å². The van der Waals surface area contributed by atoms with Crippen LogP contribution >= 0.6 is 12.6 Å². The van der Waals surface area contributed by atoms with E-state index in [0.29, 0.717) is 0 Å². The molecule has 0 saturated heterocycles. The Morgan fingerprint density at radius 1 is 0.882 bits per heavy atom. The molecule has 0 nitrogen and oxygen atoms in total. The number of hydrogen-bond acceptors (Lipinski definition) is 1. The van der Waals surface area contributed by atoms with Gasteiger partial charge in [-0.15, -0.1) is 0 Å². The maximum Gasteiger partial charge on any atom is -0.00979 e. The van der Waals surface area contributed by atoms with Crippen molar-refractivity contribution in [1.29, 1.82) is 0 Å². The van der Waals surface area contributed by atoms with Crippen LogP contribution in [0.25, 0.3) is 0 Å². The third-order valence-corrected chi connectivity index (χ3v) is 7.44. The van der Waals surface area contributed by atoms with Gasteiger partial charge in [0.1, 0.15) is 0 Å². The van der Waals surface area contributed by atoms with Crippen LogP contribution in [0, 0.1) is 35.0 Å². The molecular formula is C16H26S. The Labute approximate surface area is 111 Å². The van der Waals surface area contributed by atoms with E-state index in [0.717, 1.165) is 34.8 Å². The molecule has 0 aliphatic heterocycles.